The molecule has 5 heteroatoms. The Hall–Kier alpha value is -2.95. The van der Waals surface area contributed by atoms with Gasteiger partial charge in [-0.25, -0.2) is 0 Å². The molecule has 2 rings (SSSR count). The molecule has 2 aromatic carbocycles. The highest BCUT2D eigenvalue weighted by atomic mass is 16.5. The van der Waals surface area contributed by atoms with Crippen molar-refractivity contribution in [2.45, 2.75) is 13.0 Å². The summed E-state index contributed by atoms with van der Waals surface area (Å²) in [5, 5.41) is 2.91. The quantitative estimate of drug-likeness (QED) is 0.710. The van der Waals surface area contributed by atoms with Crippen molar-refractivity contribution in [2.24, 2.45) is 0 Å². The molecule has 2 aromatic rings. The zero-order valence-corrected chi connectivity index (χ0v) is 14.5. The Kier molecular flexibility index (Phi) is 6.89. The first-order valence-corrected chi connectivity index (χ1v) is 8.04. The van der Waals surface area contributed by atoms with Crippen molar-refractivity contribution in [1.29, 1.82) is 0 Å². The second kappa shape index (κ2) is 9.37. The summed E-state index contributed by atoms with van der Waals surface area (Å²) in [4.78, 5) is 12.2. The van der Waals surface area contributed by atoms with Crippen molar-refractivity contribution < 1.29 is 19.0 Å². The minimum atomic E-state index is -0.152. The number of ether oxygens (including phenoxy) is 3. The second-order valence-electron chi connectivity index (χ2n) is 5.49. The summed E-state index contributed by atoms with van der Waals surface area (Å²) < 4.78 is 16.2. The van der Waals surface area contributed by atoms with Crippen LogP contribution in [-0.4, -0.2) is 32.3 Å². The normalized spacial score (nSPS) is 11.3. The highest BCUT2D eigenvalue weighted by Crippen LogP contribution is 2.17. The summed E-state index contributed by atoms with van der Waals surface area (Å²) in [6.07, 6.45) is 1.67. The van der Waals surface area contributed by atoms with Gasteiger partial charge in [0.15, 0.2) is 0 Å². The van der Waals surface area contributed by atoms with Crippen LogP contribution in [0.2, 0.25) is 0 Å². The zero-order valence-electron chi connectivity index (χ0n) is 14.5. The molecule has 1 amide bonds. The van der Waals surface area contributed by atoms with Gasteiger partial charge in [0.25, 0.3) is 5.91 Å². The van der Waals surface area contributed by atoms with E-state index in [4.69, 9.17) is 14.2 Å². The highest BCUT2D eigenvalue weighted by molar-refractivity contribution is 5.94. The molecule has 0 aliphatic heterocycles. The number of nitrogens with one attached hydrogen (secondary N) is 1. The molecule has 0 saturated carbocycles. The predicted molar refractivity (Wildman–Crippen MR) is 97.6 cm³/mol. The van der Waals surface area contributed by atoms with Gasteiger partial charge in [-0.3, -0.25) is 4.79 Å². The molecular weight excluding hydrogens is 318 g/mol. The molecule has 0 radical (unpaired) electrons. The Labute approximate surface area is 148 Å². The molecule has 0 aromatic heterocycles. The van der Waals surface area contributed by atoms with E-state index in [1.54, 1.807) is 37.5 Å². The topological polar surface area (TPSA) is 56.8 Å². The van der Waals surface area contributed by atoms with Crippen LogP contribution in [-0.2, 0) is 0 Å². The number of benzene rings is 2. The molecule has 0 aliphatic carbocycles. The predicted octanol–water partition coefficient (Wildman–Crippen LogP) is 3.46. The van der Waals surface area contributed by atoms with Crippen LogP contribution in [0.25, 0.3) is 0 Å². The number of methoxy groups -OCH3 is 1. The van der Waals surface area contributed by atoms with E-state index in [0.717, 1.165) is 11.5 Å². The fourth-order valence-electron chi connectivity index (χ4n) is 2.10. The lowest BCUT2D eigenvalue weighted by molar-refractivity contribution is 0.0926. The van der Waals surface area contributed by atoms with Crippen LogP contribution in [0.15, 0.2) is 61.2 Å². The van der Waals surface area contributed by atoms with E-state index in [-0.39, 0.29) is 11.9 Å². The van der Waals surface area contributed by atoms with Gasteiger partial charge < -0.3 is 19.5 Å². The molecule has 0 saturated heterocycles. The lowest BCUT2D eigenvalue weighted by Crippen LogP contribution is -2.36. The van der Waals surface area contributed by atoms with Gasteiger partial charge >= 0.3 is 0 Å². The molecule has 0 spiro atoms. The van der Waals surface area contributed by atoms with Crippen molar-refractivity contribution in [1.82, 2.24) is 5.32 Å². The van der Waals surface area contributed by atoms with E-state index in [9.17, 15) is 4.79 Å². The number of hydrogen-bond donors (Lipinski definition) is 1. The van der Waals surface area contributed by atoms with Crippen LogP contribution in [0.5, 0.6) is 17.2 Å². The summed E-state index contributed by atoms with van der Waals surface area (Å²) >= 11 is 0. The van der Waals surface area contributed by atoms with Crippen LogP contribution in [0.4, 0.5) is 0 Å². The fourth-order valence-corrected chi connectivity index (χ4v) is 2.10. The molecule has 1 atom stereocenters. The summed E-state index contributed by atoms with van der Waals surface area (Å²) in [5.74, 6) is 2.05. The minimum absolute atomic E-state index is 0.133. The monoisotopic (exact) mass is 341 g/mol. The van der Waals surface area contributed by atoms with Gasteiger partial charge in [-0.05, 0) is 55.5 Å². The average Bonchev–Trinajstić information content (AvgIpc) is 2.65. The highest BCUT2D eigenvalue weighted by Gasteiger charge is 2.10. The first-order chi connectivity index (χ1) is 12.1. The SMILES string of the molecule is C=CCOc1ccc(C(=O)NC(C)COc2ccc(OC)cc2)cc1. The largest absolute Gasteiger partial charge is 0.497 e. The lowest BCUT2D eigenvalue weighted by Gasteiger charge is -2.15. The summed E-state index contributed by atoms with van der Waals surface area (Å²) in [6, 6.07) is 14.2. The van der Waals surface area contributed by atoms with Gasteiger partial charge in [0.2, 0.25) is 0 Å². The summed E-state index contributed by atoms with van der Waals surface area (Å²) in [6.45, 7) is 6.30. The van der Waals surface area contributed by atoms with Crippen molar-refractivity contribution in [3.05, 3.63) is 66.7 Å². The average molecular weight is 341 g/mol. The van der Waals surface area contributed by atoms with Gasteiger partial charge in [0.05, 0.1) is 13.2 Å². The van der Waals surface area contributed by atoms with E-state index in [1.807, 2.05) is 31.2 Å². The van der Waals surface area contributed by atoms with Crippen LogP contribution in [0.3, 0.4) is 0 Å². The Morgan fingerprint density at radius 1 is 1.04 bits per heavy atom. The van der Waals surface area contributed by atoms with Crippen LogP contribution < -0.4 is 19.5 Å². The summed E-state index contributed by atoms with van der Waals surface area (Å²) in [5.41, 5.74) is 0.572. The maximum atomic E-state index is 12.2. The van der Waals surface area contributed by atoms with Crippen LogP contribution in [0, 0.1) is 0 Å². The molecule has 0 bridgehead atoms. The van der Waals surface area contributed by atoms with E-state index in [2.05, 4.69) is 11.9 Å². The number of carbonyl (C=O) groups is 1. The van der Waals surface area contributed by atoms with Crippen molar-refractivity contribution in [2.75, 3.05) is 20.3 Å². The molecular formula is C20H23NO4. The molecule has 0 aliphatic rings. The van der Waals surface area contributed by atoms with Gasteiger partial charge in [-0.15, -0.1) is 0 Å². The van der Waals surface area contributed by atoms with Gasteiger partial charge in [0, 0.05) is 5.56 Å². The molecule has 25 heavy (non-hydrogen) atoms. The first-order valence-electron chi connectivity index (χ1n) is 8.04. The maximum absolute atomic E-state index is 12.2. The van der Waals surface area contributed by atoms with E-state index in [0.29, 0.717) is 24.5 Å². The van der Waals surface area contributed by atoms with Crippen LogP contribution in [0.1, 0.15) is 17.3 Å². The standard InChI is InChI=1S/C20H23NO4/c1-4-13-24-18-7-5-16(6-8-18)20(22)21-15(2)14-25-19-11-9-17(23-3)10-12-19/h4-12,15H,1,13-14H2,2-3H3,(H,21,22). The molecule has 1 unspecified atom stereocenters. The number of carbonyl (C=O) groups excluding carboxylic acids is 1. The first kappa shape index (κ1) is 18.4. The molecule has 5 nitrogen and oxygen atoms in total. The minimum Gasteiger partial charge on any atom is -0.497 e. The van der Waals surface area contributed by atoms with E-state index in [1.165, 1.54) is 0 Å². The maximum Gasteiger partial charge on any atom is 0.251 e. The fraction of sp³-hybridized carbons (Fsp3) is 0.250. The van der Waals surface area contributed by atoms with Crippen molar-refractivity contribution in [3.63, 3.8) is 0 Å². The van der Waals surface area contributed by atoms with Gasteiger partial charge in [0.1, 0.15) is 30.5 Å². The zero-order chi connectivity index (χ0) is 18.1. The third-order valence-electron chi connectivity index (χ3n) is 3.42. The lowest BCUT2D eigenvalue weighted by atomic mass is 10.2. The summed E-state index contributed by atoms with van der Waals surface area (Å²) in [7, 11) is 1.62. The van der Waals surface area contributed by atoms with Gasteiger partial charge in [-0.1, -0.05) is 12.7 Å². The molecule has 132 valence electrons. The Morgan fingerprint density at radius 2 is 1.60 bits per heavy atom. The van der Waals surface area contributed by atoms with Crippen molar-refractivity contribution >= 4 is 5.91 Å². The van der Waals surface area contributed by atoms with Crippen LogP contribution >= 0.6 is 0 Å². The second-order valence-corrected chi connectivity index (χ2v) is 5.49. The molecule has 0 heterocycles. The third kappa shape index (κ3) is 5.88. The number of hydrogen-bond acceptors (Lipinski definition) is 4. The van der Waals surface area contributed by atoms with Crippen molar-refractivity contribution in [3.8, 4) is 17.2 Å². The van der Waals surface area contributed by atoms with E-state index < -0.39 is 0 Å². The molecule has 1 N–H and O–H groups in total. The van der Waals surface area contributed by atoms with E-state index >= 15 is 0 Å². The Bertz CT molecular complexity index is 680. The third-order valence-corrected chi connectivity index (χ3v) is 3.42. The number of rotatable bonds is 9. The number of amides is 1. The van der Waals surface area contributed by atoms with Gasteiger partial charge in [-0.2, -0.15) is 0 Å². The smallest absolute Gasteiger partial charge is 0.251 e. The Morgan fingerprint density at radius 3 is 2.20 bits per heavy atom. The Balaban J connectivity index is 1.81. The molecule has 0 fully saturated rings.